The van der Waals surface area contributed by atoms with Gasteiger partial charge in [-0.05, 0) is 44.1 Å². The fourth-order valence-corrected chi connectivity index (χ4v) is 3.04. The standard InChI is InChI=1S/C20H30O4/c1-2-3-6-10-17(21)13-14-18-16(12-15-19(18)22)9-7-4-5-8-11-20(23)24/h4,7,12,15-16,18H,2-3,5-6,8-11,13-14H2,1H3,(H,23,24)/b7-4-/t16-,18-/m1/s1. The largest absolute Gasteiger partial charge is 0.481 e. The number of Topliss-reactive ketones (excluding diaryl/α,β-unsaturated/α-hetero) is 1. The van der Waals surface area contributed by atoms with Crippen molar-refractivity contribution in [3.8, 4) is 0 Å². The van der Waals surface area contributed by atoms with E-state index in [9.17, 15) is 14.4 Å². The molecule has 24 heavy (non-hydrogen) atoms. The van der Waals surface area contributed by atoms with E-state index in [0.29, 0.717) is 25.7 Å². The summed E-state index contributed by atoms with van der Waals surface area (Å²) in [5, 5.41) is 8.58. The number of rotatable bonds is 13. The quantitative estimate of drug-likeness (QED) is 0.398. The lowest BCUT2D eigenvalue weighted by Gasteiger charge is -2.16. The number of carboxylic acids is 1. The van der Waals surface area contributed by atoms with Crippen molar-refractivity contribution < 1.29 is 19.5 Å². The summed E-state index contributed by atoms with van der Waals surface area (Å²) in [4.78, 5) is 34.3. The van der Waals surface area contributed by atoms with Gasteiger partial charge in [0.05, 0.1) is 0 Å². The number of unbranched alkanes of at least 4 members (excludes halogenated alkanes) is 3. The highest BCUT2D eigenvalue weighted by Gasteiger charge is 2.29. The van der Waals surface area contributed by atoms with Gasteiger partial charge in [-0.15, -0.1) is 0 Å². The van der Waals surface area contributed by atoms with Gasteiger partial charge < -0.3 is 5.11 Å². The van der Waals surface area contributed by atoms with Gasteiger partial charge in [0.25, 0.3) is 0 Å². The van der Waals surface area contributed by atoms with Gasteiger partial charge in [0.1, 0.15) is 5.78 Å². The lowest BCUT2D eigenvalue weighted by Crippen LogP contribution is -2.17. The van der Waals surface area contributed by atoms with Gasteiger partial charge in [-0.25, -0.2) is 0 Å². The van der Waals surface area contributed by atoms with Crippen molar-refractivity contribution in [1.82, 2.24) is 0 Å². The van der Waals surface area contributed by atoms with E-state index in [1.54, 1.807) is 6.08 Å². The predicted octanol–water partition coefficient (Wildman–Crippen LogP) is 4.49. The maximum absolute atomic E-state index is 12.0. The van der Waals surface area contributed by atoms with Crippen LogP contribution >= 0.6 is 0 Å². The van der Waals surface area contributed by atoms with Crippen LogP contribution in [0.5, 0.6) is 0 Å². The molecule has 2 atom stereocenters. The third-order valence-electron chi connectivity index (χ3n) is 4.52. The summed E-state index contributed by atoms with van der Waals surface area (Å²) >= 11 is 0. The van der Waals surface area contributed by atoms with Crippen LogP contribution in [0.25, 0.3) is 0 Å². The Kier molecular flexibility index (Phi) is 9.97. The van der Waals surface area contributed by atoms with Crippen LogP contribution in [-0.4, -0.2) is 22.6 Å². The van der Waals surface area contributed by atoms with Crippen LogP contribution in [0.2, 0.25) is 0 Å². The minimum atomic E-state index is -0.767. The van der Waals surface area contributed by atoms with Crippen molar-refractivity contribution in [2.75, 3.05) is 0 Å². The number of carbonyl (C=O) groups excluding carboxylic acids is 2. The fourth-order valence-electron chi connectivity index (χ4n) is 3.04. The van der Waals surface area contributed by atoms with E-state index >= 15 is 0 Å². The molecular weight excluding hydrogens is 304 g/mol. The lowest BCUT2D eigenvalue weighted by molar-refractivity contribution is -0.137. The Morgan fingerprint density at radius 1 is 1.12 bits per heavy atom. The number of aliphatic carboxylic acids is 1. The molecule has 0 fully saturated rings. The summed E-state index contributed by atoms with van der Waals surface area (Å²) in [5.74, 6) is -0.247. The van der Waals surface area contributed by atoms with Gasteiger partial charge in [0.15, 0.2) is 5.78 Å². The van der Waals surface area contributed by atoms with Crippen LogP contribution in [0.3, 0.4) is 0 Å². The van der Waals surface area contributed by atoms with E-state index in [2.05, 4.69) is 6.92 Å². The van der Waals surface area contributed by atoms with Gasteiger partial charge in [0.2, 0.25) is 0 Å². The average Bonchev–Trinajstić information content (AvgIpc) is 2.89. The normalized spacial score (nSPS) is 20.1. The number of carboxylic acid groups (broad SMARTS) is 1. The smallest absolute Gasteiger partial charge is 0.303 e. The minimum absolute atomic E-state index is 0.0659. The van der Waals surface area contributed by atoms with Gasteiger partial charge in [-0.3, -0.25) is 14.4 Å². The minimum Gasteiger partial charge on any atom is -0.481 e. The van der Waals surface area contributed by atoms with E-state index in [0.717, 1.165) is 32.1 Å². The molecule has 0 aliphatic heterocycles. The van der Waals surface area contributed by atoms with E-state index in [4.69, 9.17) is 5.11 Å². The monoisotopic (exact) mass is 334 g/mol. The zero-order valence-corrected chi connectivity index (χ0v) is 14.7. The molecule has 0 unspecified atom stereocenters. The summed E-state index contributed by atoms with van der Waals surface area (Å²) in [5.41, 5.74) is 0. The SMILES string of the molecule is CCCCCC(=O)CC[C@H]1C(=O)C=C[C@H]1C/C=C\CCCC(=O)O. The zero-order chi connectivity index (χ0) is 17.8. The molecule has 1 N–H and O–H groups in total. The first-order valence-electron chi connectivity index (χ1n) is 9.15. The van der Waals surface area contributed by atoms with Crippen LogP contribution in [0, 0.1) is 11.8 Å². The fraction of sp³-hybridized carbons (Fsp3) is 0.650. The topological polar surface area (TPSA) is 71.4 Å². The second-order valence-corrected chi connectivity index (χ2v) is 6.56. The number of hydrogen-bond donors (Lipinski definition) is 1. The first-order chi connectivity index (χ1) is 11.5. The van der Waals surface area contributed by atoms with Crippen LogP contribution in [0.15, 0.2) is 24.3 Å². The van der Waals surface area contributed by atoms with Crippen LogP contribution in [-0.2, 0) is 14.4 Å². The summed E-state index contributed by atoms with van der Waals surface area (Å²) in [6, 6.07) is 0. The number of allylic oxidation sites excluding steroid dienone is 4. The zero-order valence-electron chi connectivity index (χ0n) is 14.7. The number of carbonyl (C=O) groups is 3. The number of hydrogen-bond acceptors (Lipinski definition) is 3. The maximum atomic E-state index is 12.0. The van der Waals surface area contributed by atoms with Crippen molar-refractivity contribution in [3.63, 3.8) is 0 Å². The molecule has 0 radical (unpaired) electrons. The number of ketones is 2. The average molecular weight is 334 g/mol. The van der Waals surface area contributed by atoms with Crippen LogP contribution in [0.4, 0.5) is 0 Å². The van der Waals surface area contributed by atoms with Gasteiger partial charge in [-0.1, -0.05) is 38.0 Å². The Balaban J connectivity index is 2.29. The first kappa shape index (κ1) is 20.3. The van der Waals surface area contributed by atoms with Crippen molar-refractivity contribution in [3.05, 3.63) is 24.3 Å². The summed E-state index contributed by atoms with van der Waals surface area (Å²) in [6.45, 7) is 2.12. The maximum Gasteiger partial charge on any atom is 0.303 e. The molecule has 0 aromatic rings. The third kappa shape index (κ3) is 8.23. The molecule has 0 aromatic heterocycles. The molecule has 1 aliphatic rings. The van der Waals surface area contributed by atoms with E-state index in [-0.39, 0.29) is 29.8 Å². The van der Waals surface area contributed by atoms with Crippen molar-refractivity contribution in [1.29, 1.82) is 0 Å². The molecule has 1 aliphatic carbocycles. The van der Waals surface area contributed by atoms with Crippen molar-refractivity contribution >= 4 is 17.5 Å². The second-order valence-electron chi connectivity index (χ2n) is 6.56. The molecule has 4 nitrogen and oxygen atoms in total. The summed E-state index contributed by atoms with van der Waals surface area (Å²) in [7, 11) is 0. The molecule has 4 heteroatoms. The van der Waals surface area contributed by atoms with Crippen LogP contribution in [0.1, 0.15) is 71.1 Å². The second kappa shape index (κ2) is 11.8. The van der Waals surface area contributed by atoms with E-state index < -0.39 is 5.97 Å². The van der Waals surface area contributed by atoms with Gasteiger partial charge in [-0.2, -0.15) is 0 Å². The van der Waals surface area contributed by atoms with Crippen molar-refractivity contribution in [2.24, 2.45) is 11.8 Å². The molecule has 1 rings (SSSR count). The Hall–Kier alpha value is -1.71. The Morgan fingerprint density at radius 3 is 2.62 bits per heavy atom. The van der Waals surface area contributed by atoms with Gasteiger partial charge in [0, 0.05) is 25.2 Å². The molecule has 0 bridgehead atoms. The summed E-state index contributed by atoms with van der Waals surface area (Å²) in [6.07, 6.45) is 14.9. The third-order valence-corrected chi connectivity index (χ3v) is 4.52. The Labute approximate surface area is 145 Å². The summed E-state index contributed by atoms with van der Waals surface area (Å²) < 4.78 is 0. The van der Waals surface area contributed by atoms with E-state index in [1.807, 2.05) is 18.2 Å². The van der Waals surface area contributed by atoms with Crippen molar-refractivity contribution in [2.45, 2.75) is 71.1 Å². The van der Waals surface area contributed by atoms with Crippen LogP contribution < -0.4 is 0 Å². The molecule has 0 heterocycles. The first-order valence-corrected chi connectivity index (χ1v) is 9.15. The highest BCUT2D eigenvalue weighted by atomic mass is 16.4. The molecule has 0 saturated carbocycles. The molecule has 0 amide bonds. The molecule has 0 spiro atoms. The lowest BCUT2D eigenvalue weighted by atomic mass is 9.87. The molecule has 0 saturated heterocycles. The predicted molar refractivity (Wildman–Crippen MR) is 94.8 cm³/mol. The highest BCUT2D eigenvalue weighted by molar-refractivity contribution is 5.95. The molecular formula is C20H30O4. The van der Waals surface area contributed by atoms with Gasteiger partial charge >= 0.3 is 5.97 Å². The molecule has 0 aromatic carbocycles. The Bertz CT molecular complexity index is 476. The highest BCUT2D eigenvalue weighted by Crippen LogP contribution is 2.30. The Morgan fingerprint density at radius 2 is 1.92 bits per heavy atom. The molecule has 134 valence electrons. The van der Waals surface area contributed by atoms with E-state index in [1.165, 1.54) is 0 Å².